The number of hydrogen-bond acceptors (Lipinski definition) is 2. The molecule has 2 aromatic rings. The van der Waals surface area contributed by atoms with E-state index in [2.05, 4.69) is 5.32 Å². The Morgan fingerprint density at radius 2 is 1.67 bits per heavy atom. The molecule has 0 atom stereocenters. The van der Waals surface area contributed by atoms with Crippen LogP contribution in [0.15, 0.2) is 48.5 Å². The van der Waals surface area contributed by atoms with E-state index in [0.717, 1.165) is 22.5 Å². The molecule has 0 spiro atoms. The van der Waals surface area contributed by atoms with Crippen molar-refractivity contribution in [1.82, 2.24) is 0 Å². The van der Waals surface area contributed by atoms with Gasteiger partial charge in [0.1, 0.15) is 4.99 Å². The van der Waals surface area contributed by atoms with Crippen molar-refractivity contribution < 1.29 is 4.79 Å². The average molecular weight is 299 g/mol. The van der Waals surface area contributed by atoms with Crippen LogP contribution in [0.5, 0.6) is 0 Å². The zero-order valence-electron chi connectivity index (χ0n) is 12.0. The van der Waals surface area contributed by atoms with Crippen molar-refractivity contribution >= 4 is 34.6 Å². The van der Waals surface area contributed by atoms with Crippen LogP contribution < -0.4 is 16.0 Å². The first-order valence-corrected chi connectivity index (χ1v) is 6.89. The van der Waals surface area contributed by atoms with Crippen LogP contribution in [0.2, 0.25) is 0 Å². The summed E-state index contributed by atoms with van der Waals surface area (Å²) in [5, 5.41) is 2.84. The molecule has 0 saturated carbocycles. The van der Waals surface area contributed by atoms with Crippen LogP contribution >= 0.6 is 12.2 Å². The Labute approximate surface area is 129 Å². The zero-order valence-corrected chi connectivity index (χ0v) is 12.8. The van der Waals surface area contributed by atoms with Gasteiger partial charge >= 0.3 is 6.03 Å². The van der Waals surface area contributed by atoms with Crippen LogP contribution in [0.25, 0.3) is 0 Å². The molecule has 0 heterocycles. The van der Waals surface area contributed by atoms with Gasteiger partial charge in [0.15, 0.2) is 0 Å². The van der Waals surface area contributed by atoms with Gasteiger partial charge in [0.2, 0.25) is 0 Å². The second-order valence-corrected chi connectivity index (χ2v) is 5.21. The molecule has 2 amide bonds. The maximum absolute atomic E-state index is 12.2. The maximum Gasteiger partial charge on any atom is 0.326 e. The van der Waals surface area contributed by atoms with Crippen molar-refractivity contribution in [1.29, 1.82) is 0 Å². The van der Waals surface area contributed by atoms with Crippen LogP contribution in [-0.4, -0.2) is 18.1 Å². The van der Waals surface area contributed by atoms with Gasteiger partial charge in [0.25, 0.3) is 0 Å². The molecule has 0 bridgehead atoms. The van der Waals surface area contributed by atoms with E-state index in [-0.39, 0.29) is 6.03 Å². The minimum atomic E-state index is -0.207. The molecule has 0 aliphatic heterocycles. The number of nitrogens with two attached hydrogens (primary N) is 1. The minimum Gasteiger partial charge on any atom is -0.389 e. The molecule has 2 rings (SSSR count). The molecule has 0 unspecified atom stereocenters. The lowest BCUT2D eigenvalue weighted by Crippen LogP contribution is -2.31. The van der Waals surface area contributed by atoms with Gasteiger partial charge in [-0.15, -0.1) is 0 Å². The Hall–Kier alpha value is -2.40. The van der Waals surface area contributed by atoms with Crippen molar-refractivity contribution in [2.24, 2.45) is 5.73 Å². The number of amides is 2. The third-order valence-electron chi connectivity index (χ3n) is 3.15. The molecule has 4 nitrogen and oxygen atoms in total. The standard InChI is InChI=1S/C16H17N3OS/c1-11-3-7-13(8-4-11)18-16(20)19(2)14-9-5-12(6-10-14)15(17)21/h3-10H,1-2H3,(H2,17,21)(H,18,20). The van der Waals surface area contributed by atoms with Crippen molar-refractivity contribution in [2.45, 2.75) is 6.92 Å². The monoisotopic (exact) mass is 299 g/mol. The number of hydrogen-bond donors (Lipinski definition) is 2. The summed E-state index contributed by atoms with van der Waals surface area (Å²) < 4.78 is 0. The molecule has 2 aromatic carbocycles. The van der Waals surface area contributed by atoms with E-state index < -0.39 is 0 Å². The summed E-state index contributed by atoms with van der Waals surface area (Å²) in [5.74, 6) is 0. The van der Waals surface area contributed by atoms with Crippen LogP contribution in [0.4, 0.5) is 16.2 Å². The summed E-state index contributed by atoms with van der Waals surface area (Å²) in [7, 11) is 1.71. The van der Waals surface area contributed by atoms with Crippen LogP contribution in [0, 0.1) is 6.92 Å². The fourth-order valence-electron chi connectivity index (χ4n) is 1.81. The van der Waals surface area contributed by atoms with Gasteiger partial charge in [-0.2, -0.15) is 0 Å². The molecule has 0 aliphatic rings. The first kappa shape index (κ1) is 15.0. The average Bonchev–Trinajstić information content (AvgIpc) is 2.49. The zero-order chi connectivity index (χ0) is 15.4. The van der Waals surface area contributed by atoms with Crippen LogP contribution in [0.1, 0.15) is 11.1 Å². The predicted molar refractivity (Wildman–Crippen MR) is 90.9 cm³/mol. The van der Waals surface area contributed by atoms with E-state index in [4.69, 9.17) is 18.0 Å². The molecular weight excluding hydrogens is 282 g/mol. The van der Waals surface area contributed by atoms with E-state index in [1.165, 1.54) is 4.90 Å². The number of nitrogens with zero attached hydrogens (tertiary/aromatic N) is 1. The number of nitrogens with one attached hydrogen (secondary N) is 1. The van der Waals surface area contributed by atoms with Gasteiger partial charge in [-0.25, -0.2) is 4.79 Å². The third-order valence-corrected chi connectivity index (χ3v) is 3.38. The lowest BCUT2D eigenvalue weighted by atomic mass is 10.2. The number of thiocarbonyl (C=S) groups is 1. The molecule has 0 aromatic heterocycles. The Balaban J connectivity index is 2.08. The molecule has 3 N–H and O–H groups in total. The Bertz CT molecular complexity index is 650. The van der Waals surface area contributed by atoms with E-state index in [1.54, 1.807) is 19.2 Å². The Morgan fingerprint density at radius 3 is 2.19 bits per heavy atom. The van der Waals surface area contributed by atoms with E-state index in [0.29, 0.717) is 4.99 Å². The summed E-state index contributed by atoms with van der Waals surface area (Å²) in [6.07, 6.45) is 0. The van der Waals surface area contributed by atoms with Crippen LogP contribution in [0.3, 0.4) is 0 Å². The van der Waals surface area contributed by atoms with Crippen molar-refractivity contribution in [2.75, 3.05) is 17.3 Å². The van der Waals surface area contributed by atoms with Crippen molar-refractivity contribution in [3.05, 3.63) is 59.7 Å². The summed E-state index contributed by atoms with van der Waals surface area (Å²) >= 11 is 4.90. The van der Waals surface area contributed by atoms with Gasteiger partial charge in [0, 0.05) is 24.0 Å². The highest BCUT2D eigenvalue weighted by Crippen LogP contribution is 2.16. The van der Waals surface area contributed by atoms with Gasteiger partial charge in [-0.1, -0.05) is 29.9 Å². The summed E-state index contributed by atoms with van der Waals surface area (Å²) in [6, 6.07) is 14.7. The molecule has 108 valence electrons. The fraction of sp³-hybridized carbons (Fsp3) is 0.125. The number of rotatable bonds is 3. The number of carbonyl (C=O) groups is 1. The molecule has 0 fully saturated rings. The van der Waals surface area contributed by atoms with Gasteiger partial charge < -0.3 is 11.1 Å². The second kappa shape index (κ2) is 6.37. The number of aryl methyl sites for hydroxylation is 1. The lowest BCUT2D eigenvalue weighted by molar-refractivity contribution is 0.258. The van der Waals surface area contributed by atoms with Crippen molar-refractivity contribution in [3.8, 4) is 0 Å². The Morgan fingerprint density at radius 1 is 1.10 bits per heavy atom. The largest absolute Gasteiger partial charge is 0.389 e. The second-order valence-electron chi connectivity index (χ2n) is 4.77. The SMILES string of the molecule is Cc1ccc(NC(=O)N(C)c2ccc(C(N)=S)cc2)cc1. The summed E-state index contributed by atoms with van der Waals surface area (Å²) in [4.78, 5) is 14.1. The molecule has 0 aliphatic carbocycles. The topological polar surface area (TPSA) is 58.4 Å². The minimum absolute atomic E-state index is 0.207. The molecule has 0 radical (unpaired) electrons. The highest BCUT2D eigenvalue weighted by Gasteiger charge is 2.11. The van der Waals surface area contributed by atoms with Crippen molar-refractivity contribution in [3.63, 3.8) is 0 Å². The smallest absolute Gasteiger partial charge is 0.326 e. The number of urea groups is 1. The quantitative estimate of drug-likeness (QED) is 0.855. The van der Waals surface area contributed by atoms with Gasteiger partial charge in [-0.05, 0) is 43.3 Å². The Kier molecular flexibility index (Phi) is 4.55. The normalized spacial score (nSPS) is 10.0. The first-order chi connectivity index (χ1) is 9.97. The number of anilines is 2. The lowest BCUT2D eigenvalue weighted by Gasteiger charge is -2.18. The highest BCUT2D eigenvalue weighted by atomic mass is 32.1. The number of carbonyl (C=O) groups excluding carboxylic acids is 1. The molecule has 0 saturated heterocycles. The van der Waals surface area contributed by atoms with E-state index in [1.807, 2.05) is 43.3 Å². The molecular formula is C16H17N3OS. The predicted octanol–water partition coefficient (Wildman–Crippen LogP) is 3.30. The molecule has 21 heavy (non-hydrogen) atoms. The van der Waals surface area contributed by atoms with Gasteiger partial charge in [-0.3, -0.25) is 4.90 Å². The highest BCUT2D eigenvalue weighted by molar-refractivity contribution is 7.80. The van der Waals surface area contributed by atoms with Gasteiger partial charge in [0.05, 0.1) is 0 Å². The molecule has 5 heteroatoms. The van der Waals surface area contributed by atoms with E-state index >= 15 is 0 Å². The summed E-state index contributed by atoms with van der Waals surface area (Å²) in [6.45, 7) is 2.00. The summed E-state index contributed by atoms with van der Waals surface area (Å²) in [5.41, 5.74) is 9.00. The third kappa shape index (κ3) is 3.79. The van der Waals surface area contributed by atoms with Crippen LogP contribution in [-0.2, 0) is 0 Å². The fourth-order valence-corrected chi connectivity index (χ4v) is 1.95. The maximum atomic E-state index is 12.2. The number of benzene rings is 2. The van der Waals surface area contributed by atoms with E-state index in [9.17, 15) is 4.79 Å². The first-order valence-electron chi connectivity index (χ1n) is 6.48.